The molecule has 2 aromatic carbocycles. The van der Waals surface area contributed by atoms with Crippen LogP contribution in [-0.4, -0.2) is 31.3 Å². The van der Waals surface area contributed by atoms with E-state index >= 15 is 0 Å². The van der Waals surface area contributed by atoms with Crippen molar-refractivity contribution in [2.75, 3.05) is 25.0 Å². The maximum absolute atomic E-state index is 12.5. The minimum absolute atomic E-state index is 0.199. The van der Waals surface area contributed by atoms with E-state index in [1.54, 1.807) is 50.8 Å². The molecule has 1 amide bonds. The lowest BCUT2D eigenvalue weighted by Crippen LogP contribution is -2.10. The average molecular weight is 483 g/mol. The van der Waals surface area contributed by atoms with E-state index in [2.05, 4.69) is 20.8 Å². The average Bonchev–Trinajstić information content (AvgIpc) is 3.50. The van der Waals surface area contributed by atoms with E-state index in [-0.39, 0.29) is 11.7 Å². The summed E-state index contributed by atoms with van der Waals surface area (Å²) < 4.78 is 15.8. The van der Waals surface area contributed by atoms with E-state index in [9.17, 15) is 4.79 Å². The number of hydrogen-bond donors (Lipinski definition) is 2. The van der Waals surface area contributed by atoms with Gasteiger partial charge in [0.15, 0.2) is 5.76 Å². The summed E-state index contributed by atoms with van der Waals surface area (Å²) in [5.41, 5.74) is 5.04. The van der Waals surface area contributed by atoms with Gasteiger partial charge in [0, 0.05) is 22.2 Å². The van der Waals surface area contributed by atoms with Crippen molar-refractivity contribution in [2.24, 2.45) is 5.10 Å². The van der Waals surface area contributed by atoms with Crippen molar-refractivity contribution in [2.45, 2.75) is 0 Å². The first-order valence-corrected chi connectivity index (χ1v) is 10.9. The van der Waals surface area contributed by atoms with Crippen molar-refractivity contribution < 1.29 is 18.7 Å². The van der Waals surface area contributed by atoms with Crippen LogP contribution < -0.4 is 20.2 Å². The van der Waals surface area contributed by atoms with Gasteiger partial charge in [-0.3, -0.25) is 10.2 Å². The molecule has 0 saturated heterocycles. The number of halogens is 1. The topological polar surface area (TPSA) is 98.0 Å². The van der Waals surface area contributed by atoms with Crippen LogP contribution in [0, 0.1) is 0 Å². The molecule has 0 bridgehead atoms. The number of furan rings is 1. The number of amides is 1. The van der Waals surface area contributed by atoms with Crippen molar-refractivity contribution in [1.82, 2.24) is 4.98 Å². The van der Waals surface area contributed by atoms with Crippen LogP contribution >= 0.6 is 22.9 Å². The number of aromatic nitrogens is 1. The van der Waals surface area contributed by atoms with Gasteiger partial charge < -0.3 is 19.2 Å². The van der Waals surface area contributed by atoms with Crippen LogP contribution in [0.1, 0.15) is 16.1 Å². The van der Waals surface area contributed by atoms with E-state index in [0.29, 0.717) is 32.3 Å². The molecule has 0 saturated carbocycles. The molecule has 0 aliphatic rings. The Morgan fingerprint density at radius 3 is 2.67 bits per heavy atom. The van der Waals surface area contributed by atoms with Crippen LogP contribution in [0.2, 0.25) is 5.02 Å². The predicted octanol–water partition coefficient (Wildman–Crippen LogP) is 5.77. The zero-order valence-corrected chi connectivity index (χ0v) is 19.2. The summed E-state index contributed by atoms with van der Waals surface area (Å²) in [6.07, 6.45) is 3.06. The predicted molar refractivity (Wildman–Crippen MR) is 130 cm³/mol. The van der Waals surface area contributed by atoms with Crippen molar-refractivity contribution in [1.29, 1.82) is 0 Å². The summed E-state index contributed by atoms with van der Waals surface area (Å²) in [7, 11) is 3.17. The van der Waals surface area contributed by atoms with E-state index in [1.165, 1.54) is 17.6 Å². The Balaban J connectivity index is 1.59. The minimum Gasteiger partial charge on any atom is -0.497 e. The van der Waals surface area contributed by atoms with Crippen molar-refractivity contribution in [3.63, 3.8) is 0 Å². The SMILES string of the molecule is COc1ccc(/C=N\Nc2nc(-c3ccc(Cl)cc3)c(NC(=O)c3ccco3)s2)c(OC)c1. The van der Waals surface area contributed by atoms with Crippen molar-refractivity contribution in [3.05, 3.63) is 77.2 Å². The highest BCUT2D eigenvalue weighted by Crippen LogP contribution is 2.36. The second-order valence-electron chi connectivity index (χ2n) is 6.61. The Morgan fingerprint density at radius 1 is 1.15 bits per heavy atom. The highest BCUT2D eigenvalue weighted by molar-refractivity contribution is 7.20. The van der Waals surface area contributed by atoms with Crippen LogP contribution in [0.25, 0.3) is 11.3 Å². The van der Waals surface area contributed by atoms with Crippen LogP contribution in [0.15, 0.2) is 70.4 Å². The molecule has 2 heterocycles. The lowest BCUT2D eigenvalue weighted by atomic mass is 10.1. The Kier molecular flexibility index (Phi) is 6.92. The number of benzene rings is 2. The second kappa shape index (κ2) is 10.2. The molecule has 0 aliphatic carbocycles. The van der Waals surface area contributed by atoms with Gasteiger partial charge in [0.2, 0.25) is 5.13 Å². The second-order valence-corrected chi connectivity index (χ2v) is 8.05. The third-order valence-electron chi connectivity index (χ3n) is 4.52. The minimum atomic E-state index is -0.378. The summed E-state index contributed by atoms with van der Waals surface area (Å²) in [6.45, 7) is 0. The first-order chi connectivity index (χ1) is 16.1. The molecule has 4 aromatic rings. The monoisotopic (exact) mass is 482 g/mol. The van der Waals surface area contributed by atoms with Gasteiger partial charge in [-0.15, -0.1) is 0 Å². The first-order valence-electron chi connectivity index (χ1n) is 9.70. The molecule has 2 N–H and O–H groups in total. The van der Waals surface area contributed by atoms with E-state index in [4.69, 9.17) is 25.5 Å². The number of methoxy groups -OCH3 is 2. The number of rotatable bonds is 8. The quantitative estimate of drug-likeness (QED) is 0.244. The molecule has 0 atom stereocenters. The number of nitrogens with one attached hydrogen (secondary N) is 2. The molecule has 168 valence electrons. The third kappa shape index (κ3) is 5.33. The van der Waals surface area contributed by atoms with Gasteiger partial charge in [-0.2, -0.15) is 5.10 Å². The van der Waals surface area contributed by atoms with Gasteiger partial charge in [-0.25, -0.2) is 4.98 Å². The van der Waals surface area contributed by atoms with Crippen LogP contribution in [-0.2, 0) is 0 Å². The molecule has 2 aromatic heterocycles. The fourth-order valence-corrected chi connectivity index (χ4v) is 3.87. The molecule has 4 rings (SSSR count). The van der Waals surface area contributed by atoms with Gasteiger partial charge in [-0.05, 0) is 36.4 Å². The van der Waals surface area contributed by atoms with Crippen molar-refractivity contribution in [3.8, 4) is 22.8 Å². The molecular weight excluding hydrogens is 464 g/mol. The maximum atomic E-state index is 12.5. The Hall–Kier alpha value is -3.82. The number of hydrazone groups is 1. The molecule has 0 aliphatic heterocycles. The summed E-state index contributed by atoms with van der Waals surface area (Å²) in [4.78, 5) is 17.1. The van der Waals surface area contributed by atoms with Crippen LogP contribution in [0.3, 0.4) is 0 Å². The summed E-state index contributed by atoms with van der Waals surface area (Å²) in [6, 6.07) is 15.8. The molecule has 0 spiro atoms. The van der Waals surface area contributed by atoms with Gasteiger partial charge in [0.05, 0.1) is 26.7 Å². The smallest absolute Gasteiger partial charge is 0.292 e. The van der Waals surface area contributed by atoms with Gasteiger partial charge >= 0.3 is 0 Å². The highest BCUT2D eigenvalue weighted by atomic mass is 35.5. The Bertz CT molecular complexity index is 1270. The third-order valence-corrected chi connectivity index (χ3v) is 5.65. The maximum Gasteiger partial charge on any atom is 0.292 e. The summed E-state index contributed by atoms with van der Waals surface area (Å²) >= 11 is 7.26. The Morgan fingerprint density at radius 2 is 1.97 bits per heavy atom. The number of carbonyl (C=O) groups excluding carboxylic acids is 1. The number of carbonyl (C=O) groups is 1. The zero-order valence-electron chi connectivity index (χ0n) is 17.7. The molecule has 10 heteroatoms. The lowest BCUT2D eigenvalue weighted by molar-refractivity contribution is 0.0997. The van der Waals surface area contributed by atoms with E-state index < -0.39 is 0 Å². The number of thiazole rings is 1. The molecular formula is C23H19ClN4O4S. The standard InChI is InChI=1S/C23H19ClN4O4S/c1-30-17-10-7-15(19(12-17)31-2)13-25-28-23-26-20(14-5-8-16(24)9-6-14)22(33-23)27-21(29)18-4-3-11-32-18/h3-13H,1-2H3,(H,26,28)(H,27,29)/b25-13-. The molecule has 0 unspecified atom stereocenters. The van der Waals surface area contributed by atoms with E-state index in [1.807, 2.05) is 24.3 Å². The fraction of sp³-hybridized carbons (Fsp3) is 0.0870. The fourth-order valence-electron chi connectivity index (χ4n) is 2.91. The number of nitrogens with zero attached hydrogens (tertiary/aromatic N) is 2. The molecule has 0 radical (unpaired) electrons. The van der Waals surface area contributed by atoms with E-state index in [0.717, 1.165) is 11.1 Å². The summed E-state index contributed by atoms with van der Waals surface area (Å²) in [5, 5.41) is 8.75. The molecule has 8 nitrogen and oxygen atoms in total. The van der Waals surface area contributed by atoms with Crippen LogP contribution in [0.5, 0.6) is 11.5 Å². The first kappa shape index (κ1) is 22.4. The number of hydrogen-bond acceptors (Lipinski definition) is 8. The molecule has 0 fully saturated rings. The Labute approximate surface area is 198 Å². The summed E-state index contributed by atoms with van der Waals surface area (Å²) in [5.74, 6) is 1.12. The zero-order chi connectivity index (χ0) is 23.2. The largest absolute Gasteiger partial charge is 0.497 e. The van der Waals surface area contributed by atoms with Crippen molar-refractivity contribution >= 4 is 45.2 Å². The normalized spacial score (nSPS) is 10.9. The molecule has 33 heavy (non-hydrogen) atoms. The number of anilines is 2. The van der Waals surface area contributed by atoms with Gasteiger partial charge in [0.25, 0.3) is 5.91 Å². The number of ether oxygens (including phenoxy) is 2. The lowest BCUT2D eigenvalue weighted by Gasteiger charge is -2.06. The van der Waals surface area contributed by atoms with Gasteiger partial charge in [-0.1, -0.05) is 35.1 Å². The highest BCUT2D eigenvalue weighted by Gasteiger charge is 2.18. The van der Waals surface area contributed by atoms with Crippen LogP contribution in [0.4, 0.5) is 10.1 Å². The van der Waals surface area contributed by atoms with Gasteiger partial charge in [0.1, 0.15) is 22.2 Å².